The van der Waals surface area contributed by atoms with Gasteiger partial charge in [-0.2, -0.15) is 0 Å². The molecule has 0 unspecified atom stereocenters. The summed E-state index contributed by atoms with van der Waals surface area (Å²) in [6.07, 6.45) is 10.4. The van der Waals surface area contributed by atoms with Crippen molar-refractivity contribution in [2.75, 3.05) is 0 Å². The van der Waals surface area contributed by atoms with E-state index in [0.29, 0.717) is 11.8 Å². The van der Waals surface area contributed by atoms with Crippen molar-refractivity contribution >= 4 is 5.78 Å². The Morgan fingerprint density at radius 3 is 3.13 bits per heavy atom. The van der Waals surface area contributed by atoms with Gasteiger partial charge in [0.15, 0.2) is 0 Å². The second-order valence-corrected chi connectivity index (χ2v) is 5.39. The molecule has 2 bridgehead atoms. The molecule has 86 valence electrons. The zero-order chi connectivity index (χ0) is 10.7. The molecule has 2 aliphatic heterocycles. The highest BCUT2D eigenvalue weighted by atomic mass is 16.1. The highest BCUT2D eigenvalue weighted by Gasteiger charge is 2.41. The van der Waals surface area contributed by atoms with E-state index in [9.17, 15) is 4.79 Å². The molecule has 1 N–H and O–H groups in total. The first-order valence-electron chi connectivity index (χ1n) is 6.53. The molecule has 0 aromatic rings. The summed E-state index contributed by atoms with van der Waals surface area (Å²) in [6.45, 7) is 2.24. The van der Waals surface area contributed by atoms with Gasteiger partial charge in [0.25, 0.3) is 0 Å². The van der Waals surface area contributed by atoms with E-state index >= 15 is 0 Å². The van der Waals surface area contributed by atoms with Crippen LogP contribution in [0.2, 0.25) is 0 Å². The van der Waals surface area contributed by atoms with E-state index in [-0.39, 0.29) is 5.54 Å². The van der Waals surface area contributed by atoms with Crippen LogP contribution in [0.3, 0.4) is 0 Å². The summed E-state index contributed by atoms with van der Waals surface area (Å²) in [5.41, 5.74) is 0.202. The Hall–Kier alpha value is -0.370. The van der Waals surface area contributed by atoms with Crippen molar-refractivity contribution in [1.82, 2.24) is 5.32 Å². The van der Waals surface area contributed by atoms with E-state index in [1.165, 1.54) is 44.9 Å². The van der Waals surface area contributed by atoms with E-state index in [2.05, 4.69) is 12.2 Å². The van der Waals surface area contributed by atoms with Gasteiger partial charge >= 0.3 is 0 Å². The summed E-state index contributed by atoms with van der Waals surface area (Å²) >= 11 is 0. The Kier molecular flexibility index (Phi) is 3.45. The second kappa shape index (κ2) is 4.65. The standard InChI is InChI=1S/C13H23NO/c1-2-3-4-7-13-8-5-6-11(14-13)9-12(15)10-13/h11,14H,2-10H2,1H3/t11-,13+/m0/s1. The third kappa shape index (κ3) is 2.60. The average Bonchev–Trinajstić information content (AvgIpc) is 2.16. The molecular weight excluding hydrogens is 186 g/mol. The van der Waals surface area contributed by atoms with Crippen LogP contribution in [0.1, 0.15) is 64.7 Å². The molecule has 0 aromatic heterocycles. The molecule has 2 saturated heterocycles. The molecule has 2 fully saturated rings. The number of piperidine rings is 2. The summed E-state index contributed by atoms with van der Waals surface area (Å²) in [7, 11) is 0. The van der Waals surface area contributed by atoms with Crippen LogP contribution in [-0.2, 0) is 4.79 Å². The molecule has 2 heteroatoms. The van der Waals surface area contributed by atoms with E-state index in [1.807, 2.05) is 0 Å². The lowest BCUT2D eigenvalue weighted by Gasteiger charge is -2.46. The van der Waals surface area contributed by atoms with Crippen LogP contribution >= 0.6 is 0 Å². The highest BCUT2D eigenvalue weighted by molar-refractivity contribution is 5.81. The fourth-order valence-electron chi connectivity index (χ4n) is 3.28. The van der Waals surface area contributed by atoms with Crippen molar-refractivity contribution in [2.45, 2.75) is 76.3 Å². The van der Waals surface area contributed by atoms with Gasteiger partial charge in [-0.3, -0.25) is 4.79 Å². The zero-order valence-corrected chi connectivity index (χ0v) is 9.85. The van der Waals surface area contributed by atoms with Gasteiger partial charge in [-0.05, 0) is 19.3 Å². The molecular formula is C13H23NO. The van der Waals surface area contributed by atoms with Crippen molar-refractivity contribution in [2.24, 2.45) is 0 Å². The Labute approximate surface area is 92.8 Å². The summed E-state index contributed by atoms with van der Waals surface area (Å²) < 4.78 is 0. The SMILES string of the molecule is CCCCC[C@@]12CCC[C@@H](CC(=O)C1)N2. The number of unbranched alkanes of at least 4 members (excludes halogenated alkanes) is 2. The first-order chi connectivity index (χ1) is 7.24. The zero-order valence-electron chi connectivity index (χ0n) is 9.85. The summed E-state index contributed by atoms with van der Waals surface area (Å²) in [4.78, 5) is 11.7. The fraction of sp³-hybridized carbons (Fsp3) is 0.923. The normalized spacial score (nSPS) is 35.5. The van der Waals surface area contributed by atoms with Gasteiger partial charge in [-0.15, -0.1) is 0 Å². The number of nitrogens with one attached hydrogen (secondary N) is 1. The molecule has 2 nitrogen and oxygen atoms in total. The third-order valence-electron chi connectivity index (χ3n) is 3.99. The van der Waals surface area contributed by atoms with Crippen molar-refractivity contribution in [3.05, 3.63) is 0 Å². The summed E-state index contributed by atoms with van der Waals surface area (Å²) in [5.74, 6) is 0.495. The Bertz CT molecular complexity index is 239. The molecule has 15 heavy (non-hydrogen) atoms. The number of hydrogen-bond donors (Lipinski definition) is 1. The smallest absolute Gasteiger partial charge is 0.136 e. The molecule has 2 aliphatic rings. The largest absolute Gasteiger partial charge is 0.308 e. The maximum atomic E-state index is 11.7. The second-order valence-electron chi connectivity index (χ2n) is 5.39. The van der Waals surface area contributed by atoms with Crippen LogP contribution in [0.25, 0.3) is 0 Å². The summed E-state index contributed by atoms with van der Waals surface area (Å²) in [6, 6.07) is 0.502. The molecule has 2 rings (SSSR count). The topological polar surface area (TPSA) is 29.1 Å². The van der Waals surface area contributed by atoms with E-state index < -0.39 is 0 Å². The summed E-state index contributed by atoms with van der Waals surface area (Å²) in [5, 5.41) is 3.73. The predicted octanol–water partition coefficient (Wildman–Crippen LogP) is 2.81. The van der Waals surface area contributed by atoms with Gasteiger partial charge < -0.3 is 5.32 Å². The minimum atomic E-state index is 0.202. The molecule has 0 spiro atoms. The predicted molar refractivity (Wildman–Crippen MR) is 61.9 cm³/mol. The molecule has 0 radical (unpaired) electrons. The maximum absolute atomic E-state index is 11.7. The van der Waals surface area contributed by atoms with Crippen LogP contribution in [0.4, 0.5) is 0 Å². The van der Waals surface area contributed by atoms with Gasteiger partial charge in [0, 0.05) is 24.4 Å². The highest BCUT2D eigenvalue weighted by Crippen LogP contribution is 2.35. The lowest BCUT2D eigenvalue weighted by atomic mass is 9.73. The van der Waals surface area contributed by atoms with Gasteiger partial charge in [-0.25, -0.2) is 0 Å². The van der Waals surface area contributed by atoms with Gasteiger partial charge in [-0.1, -0.05) is 32.6 Å². The average molecular weight is 209 g/mol. The Morgan fingerprint density at radius 2 is 2.33 bits per heavy atom. The van der Waals surface area contributed by atoms with Crippen molar-refractivity contribution in [1.29, 1.82) is 0 Å². The number of carbonyl (C=O) groups excluding carboxylic acids is 1. The maximum Gasteiger partial charge on any atom is 0.136 e. The molecule has 2 atom stereocenters. The third-order valence-corrected chi connectivity index (χ3v) is 3.99. The first kappa shape index (κ1) is 11.1. The molecule has 0 saturated carbocycles. The quantitative estimate of drug-likeness (QED) is 0.721. The number of ketones is 1. The number of rotatable bonds is 4. The lowest BCUT2D eigenvalue weighted by molar-refractivity contribution is -0.124. The van der Waals surface area contributed by atoms with Gasteiger partial charge in [0.2, 0.25) is 0 Å². The number of carbonyl (C=O) groups is 1. The minimum Gasteiger partial charge on any atom is -0.308 e. The number of fused-ring (bicyclic) bond motifs is 2. The van der Waals surface area contributed by atoms with Crippen molar-refractivity contribution in [3.8, 4) is 0 Å². The van der Waals surface area contributed by atoms with Crippen LogP contribution in [0.15, 0.2) is 0 Å². The van der Waals surface area contributed by atoms with E-state index in [4.69, 9.17) is 0 Å². The monoisotopic (exact) mass is 209 g/mol. The van der Waals surface area contributed by atoms with Crippen LogP contribution in [0.5, 0.6) is 0 Å². The van der Waals surface area contributed by atoms with Gasteiger partial charge in [0.05, 0.1) is 0 Å². The van der Waals surface area contributed by atoms with Crippen LogP contribution in [-0.4, -0.2) is 17.4 Å². The number of Topliss-reactive ketones (excluding diaryl/α,β-unsaturated/α-hetero) is 1. The molecule has 0 amide bonds. The molecule has 2 heterocycles. The van der Waals surface area contributed by atoms with Crippen molar-refractivity contribution < 1.29 is 4.79 Å². The van der Waals surface area contributed by atoms with Crippen LogP contribution < -0.4 is 5.32 Å². The van der Waals surface area contributed by atoms with Gasteiger partial charge in [0.1, 0.15) is 5.78 Å². The van der Waals surface area contributed by atoms with Crippen molar-refractivity contribution in [3.63, 3.8) is 0 Å². The minimum absolute atomic E-state index is 0.202. The van der Waals surface area contributed by atoms with Crippen LogP contribution in [0, 0.1) is 0 Å². The molecule has 0 aliphatic carbocycles. The molecule has 0 aromatic carbocycles. The van der Waals surface area contributed by atoms with E-state index in [1.54, 1.807) is 0 Å². The lowest BCUT2D eigenvalue weighted by Crippen LogP contribution is -2.58. The Balaban J connectivity index is 1.94. The number of hydrogen-bond acceptors (Lipinski definition) is 2. The van der Waals surface area contributed by atoms with E-state index in [0.717, 1.165) is 12.8 Å². The fourth-order valence-corrected chi connectivity index (χ4v) is 3.28. The Morgan fingerprint density at radius 1 is 1.47 bits per heavy atom. The first-order valence-corrected chi connectivity index (χ1v) is 6.53.